The van der Waals surface area contributed by atoms with Crippen LogP contribution in [0.5, 0.6) is 0 Å². The number of halogens is 5. The summed E-state index contributed by atoms with van der Waals surface area (Å²) in [7, 11) is 0. The number of amides is 2. The van der Waals surface area contributed by atoms with Gasteiger partial charge in [-0.05, 0) is 51.0 Å². The minimum atomic E-state index is -5.05. The summed E-state index contributed by atoms with van der Waals surface area (Å²) in [6.07, 6.45) is -4.10. The molecule has 1 aromatic heterocycles. The standard InChI is InChI=1S/C23H23F5N2O3S/c1-11-3-5-18(30(11)22(32)19-6-4-12(2)34-19)21(31)29-20(13-9-33-10-13)14-7-17(25)15(8-16(14)24)23(26,27)28/h4,6-8,11,13,18,20H,3,5,9-10H2,1-2H3,(H,29,31)/t11-,18-,20-/m1/s1. The van der Waals surface area contributed by atoms with Crippen LogP contribution in [0.2, 0.25) is 0 Å². The Hall–Kier alpha value is -2.53. The number of hydrogen-bond donors (Lipinski definition) is 1. The van der Waals surface area contributed by atoms with Gasteiger partial charge in [0, 0.05) is 22.4 Å². The number of hydrogen-bond acceptors (Lipinski definition) is 4. The highest BCUT2D eigenvalue weighted by atomic mass is 32.1. The number of aryl methyl sites for hydroxylation is 1. The first-order valence-electron chi connectivity index (χ1n) is 10.8. The number of thiophene rings is 1. The highest BCUT2D eigenvalue weighted by Gasteiger charge is 2.43. The van der Waals surface area contributed by atoms with E-state index in [-0.39, 0.29) is 36.8 Å². The first-order valence-corrected chi connectivity index (χ1v) is 11.6. The molecule has 3 atom stereocenters. The second-order valence-electron chi connectivity index (χ2n) is 8.70. The molecule has 2 aliphatic rings. The molecule has 0 aliphatic carbocycles. The van der Waals surface area contributed by atoms with E-state index in [9.17, 15) is 31.5 Å². The number of carbonyl (C=O) groups is 2. The van der Waals surface area contributed by atoms with Gasteiger partial charge >= 0.3 is 6.18 Å². The molecular weight excluding hydrogens is 479 g/mol. The molecule has 4 rings (SSSR count). The van der Waals surface area contributed by atoms with Crippen LogP contribution >= 0.6 is 11.3 Å². The predicted molar refractivity (Wildman–Crippen MR) is 114 cm³/mol. The van der Waals surface area contributed by atoms with Crippen molar-refractivity contribution in [3.05, 3.63) is 56.8 Å². The third kappa shape index (κ3) is 4.68. The second-order valence-corrected chi connectivity index (χ2v) is 9.99. The summed E-state index contributed by atoms with van der Waals surface area (Å²) >= 11 is 1.31. The lowest BCUT2D eigenvalue weighted by molar-refractivity contribution is -0.140. The molecule has 0 saturated carbocycles. The van der Waals surface area contributed by atoms with Crippen molar-refractivity contribution < 1.29 is 36.3 Å². The van der Waals surface area contributed by atoms with Gasteiger partial charge in [-0.25, -0.2) is 8.78 Å². The van der Waals surface area contributed by atoms with Crippen LogP contribution < -0.4 is 5.32 Å². The second kappa shape index (κ2) is 9.26. The Kier molecular flexibility index (Phi) is 6.69. The van der Waals surface area contributed by atoms with Crippen LogP contribution in [0.1, 0.15) is 51.5 Å². The van der Waals surface area contributed by atoms with Crippen LogP contribution in [0.25, 0.3) is 0 Å². The normalized spacial score (nSPS) is 21.9. The summed E-state index contributed by atoms with van der Waals surface area (Å²) in [5.41, 5.74) is -2.10. The van der Waals surface area contributed by atoms with Gasteiger partial charge in [-0.2, -0.15) is 13.2 Å². The summed E-state index contributed by atoms with van der Waals surface area (Å²) in [5, 5.41) is 2.67. The molecule has 184 valence electrons. The number of nitrogens with one attached hydrogen (secondary N) is 1. The molecule has 2 aromatic rings. The van der Waals surface area contributed by atoms with E-state index in [0.717, 1.165) is 4.88 Å². The van der Waals surface area contributed by atoms with E-state index in [2.05, 4.69) is 5.32 Å². The molecule has 0 spiro atoms. The zero-order valence-electron chi connectivity index (χ0n) is 18.4. The van der Waals surface area contributed by atoms with Crippen molar-refractivity contribution in [2.24, 2.45) is 5.92 Å². The fourth-order valence-electron chi connectivity index (χ4n) is 4.42. The Labute approximate surface area is 196 Å². The Morgan fingerprint density at radius 1 is 1.15 bits per heavy atom. The maximum absolute atomic E-state index is 14.7. The van der Waals surface area contributed by atoms with Crippen molar-refractivity contribution in [2.75, 3.05) is 13.2 Å². The largest absolute Gasteiger partial charge is 0.419 e. The fraction of sp³-hybridized carbons (Fsp3) is 0.478. The SMILES string of the molecule is Cc1ccc(C(=O)N2[C@H](C)CC[C@@H]2C(=O)N[C@@H](c2cc(F)c(C(F)(F)F)cc2F)C2COC2)s1. The van der Waals surface area contributed by atoms with Gasteiger partial charge in [0.1, 0.15) is 17.7 Å². The van der Waals surface area contributed by atoms with E-state index in [1.165, 1.54) is 16.2 Å². The Morgan fingerprint density at radius 3 is 2.41 bits per heavy atom. The van der Waals surface area contributed by atoms with Gasteiger partial charge in [-0.1, -0.05) is 0 Å². The Morgan fingerprint density at radius 2 is 1.85 bits per heavy atom. The number of nitrogens with zero attached hydrogens (tertiary/aromatic N) is 1. The van der Waals surface area contributed by atoms with Crippen molar-refractivity contribution in [3.8, 4) is 0 Å². The van der Waals surface area contributed by atoms with E-state index < -0.39 is 47.3 Å². The highest BCUT2D eigenvalue weighted by molar-refractivity contribution is 7.13. The van der Waals surface area contributed by atoms with E-state index in [1.807, 2.05) is 19.9 Å². The van der Waals surface area contributed by atoms with Crippen LogP contribution in [-0.2, 0) is 15.7 Å². The molecule has 0 radical (unpaired) electrons. The van der Waals surface area contributed by atoms with Crippen molar-refractivity contribution in [2.45, 2.75) is 51.0 Å². The highest BCUT2D eigenvalue weighted by Crippen LogP contribution is 2.37. The monoisotopic (exact) mass is 502 g/mol. The lowest BCUT2D eigenvalue weighted by Gasteiger charge is -2.36. The Balaban J connectivity index is 1.60. The van der Waals surface area contributed by atoms with Crippen molar-refractivity contribution in [1.82, 2.24) is 10.2 Å². The van der Waals surface area contributed by atoms with Gasteiger partial charge in [0.25, 0.3) is 5.91 Å². The maximum Gasteiger partial charge on any atom is 0.419 e. The van der Waals surface area contributed by atoms with Gasteiger partial charge < -0.3 is 15.0 Å². The average molecular weight is 503 g/mol. The number of alkyl halides is 3. The first kappa shape index (κ1) is 24.6. The van der Waals surface area contributed by atoms with E-state index in [0.29, 0.717) is 23.8 Å². The summed E-state index contributed by atoms with van der Waals surface area (Å²) in [4.78, 5) is 29.3. The molecule has 11 heteroatoms. The number of rotatable bonds is 5. The fourth-order valence-corrected chi connectivity index (χ4v) is 5.24. The van der Waals surface area contributed by atoms with Gasteiger partial charge in [0.05, 0.1) is 29.7 Å². The van der Waals surface area contributed by atoms with Crippen LogP contribution in [-0.4, -0.2) is 42.0 Å². The lowest BCUT2D eigenvalue weighted by Crippen LogP contribution is -2.51. The summed E-state index contributed by atoms with van der Waals surface area (Å²) in [5.74, 6) is -4.20. The zero-order valence-corrected chi connectivity index (χ0v) is 19.2. The molecule has 3 heterocycles. The van der Waals surface area contributed by atoms with Gasteiger partial charge in [0.15, 0.2) is 0 Å². The van der Waals surface area contributed by atoms with Crippen LogP contribution in [0, 0.1) is 24.5 Å². The maximum atomic E-state index is 14.7. The van der Waals surface area contributed by atoms with E-state index in [4.69, 9.17) is 4.74 Å². The predicted octanol–water partition coefficient (Wildman–Crippen LogP) is 4.85. The first-order chi connectivity index (χ1) is 16.0. The zero-order chi connectivity index (χ0) is 24.8. The molecular formula is C23H23F5N2O3S. The third-order valence-electron chi connectivity index (χ3n) is 6.32. The van der Waals surface area contributed by atoms with Crippen molar-refractivity contribution in [1.29, 1.82) is 0 Å². The molecule has 1 N–H and O–H groups in total. The van der Waals surface area contributed by atoms with Crippen molar-refractivity contribution >= 4 is 23.2 Å². The van der Waals surface area contributed by atoms with Crippen LogP contribution in [0.4, 0.5) is 22.0 Å². The molecule has 2 aliphatic heterocycles. The molecule has 1 aromatic carbocycles. The quantitative estimate of drug-likeness (QED) is 0.595. The minimum absolute atomic E-state index is 0.107. The molecule has 2 fully saturated rings. The molecule has 0 unspecified atom stereocenters. The summed E-state index contributed by atoms with van der Waals surface area (Å²) < 4.78 is 73.0. The van der Waals surface area contributed by atoms with Crippen LogP contribution in [0.3, 0.4) is 0 Å². The van der Waals surface area contributed by atoms with Crippen LogP contribution in [0.15, 0.2) is 24.3 Å². The van der Waals surface area contributed by atoms with E-state index >= 15 is 0 Å². The minimum Gasteiger partial charge on any atom is -0.381 e. The third-order valence-corrected chi connectivity index (χ3v) is 7.31. The lowest BCUT2D eigenvalue weighted by atomic mass is 9.90. The molecule has 34 heavy (non-hydrogen) atoms. The van der Waals surface area contributed by atoms with Gasteiger partial charge in [0.2, 0.25) is 5.91 Å². The summed E-state index contributed by atoms with van der Waals surface area (Å²) in [6, 6.07) is 1.94. The van der Waals surface area contributed by atoms with E-state index in [1.54, 1.807) is 6.07 Å². The Bertz CT molecular complexity index is 1100. The molecule has 2 amide bonds. The van der Waals surface area contributed by atoms with Gasteiger partial charge in [-0.15, -0.1) is 11.3 Å². The van der Waals surface area contributed by atoms with Crippen molar-refractivity contribution in [3.63, 3.8) is 0 Å². The van der Waals surface area contributed by atoms with Gasteiger partial charge in [-0.3, -0.25) is 9.59 Å². The number of benzene rings is 1. The molecule has 5 nitrogen and oxygen atoms in total. The summed E-state index contributed by atoms with van der Waals surface area (Å²) in [6.45, 7) is 3.95. The topological polar surface area (TPSA) is 58.6 Å². The molecule has 2 saturated heterocycles. The number of ether oxygens (including phenoxy) is 1. The number of carbonyl (C=O) groups excluding carboxylic acids is 2. The smallest absolute Gasteiger partial charge is 0.381 e. The molecule has 0 bridgehead atoms. The average Bonchev–Trinajstić information content (AvgIpc) is 3.32. The number of likely N-dealkylation sites (tertiary alicyclic amines) is 1.